The number of benzene rings is 1. The van der Waals surface area contributed by atoms with Crippen LogP contribution in [0.25, 0.3) is 0 Å². The van der Waals surface area contributed by atoms with E-state index in [1.807, 2.05) is 4.90 Å². The zero-order valence-corrected chi connectivity index (χ0v) is 14.5. The van der Waals surface area contributed by atoms with Crippen LogP contribution in [0.1, 0.15) is 0 Å². The lowest BCUT2D eigenvalue weighted by molar-refractivity contribution is -0.384. The molecular formula is C13H14ClN3O4S2. The summed E-state index contributed by atoms with van der Waals surface area (Å²) in [7, 11) is 1.35. The van der Waals surface area contributed by atoms with Gasteiger partial charge in [0.1, 0.15) is 5.25 Å². The summed E-state index contributed by atoms with van der Waals surface area (Å²) >= 11 is 12.9. The minimum Gasteiger partial charge on any atom is -0.468 e. The Balaban J connectivity index is 2.08. The second-order valence-electron chi connectivity index (χ2n) is 4.68. The second kappa shape index (κ2) is 7.80. The monoisotopic (exact) mass is 375 g/mol. The van der Waals surface area contributed by atoms with Crippen LogP contribution in [0.4, 0.5) is 11.4 Å². The second-order valence-corrected chi connectivity index (χ2v) is 6.78. The van der Waals surface area contributed by atoms with Gasteiger partial charge in [-0.15, -0.1) is 11.8 Å². The van der Waals surface area contributed by atoms with E-state index in [-0.39, 0.29) is 16.9 Å². The molecule has 1 atom stereocenters. The molecule has 0 aromatic heterocycles. The van der Waals surface area contributed by atoms with Gasteiger partial charge in [0, 0.05) is 31.0 Å². The number of hydrogen-bond donors (Lipinski definition) is 1. The number of methoxy groups -OCH3 is 1. The molecule has 0 spiro atoms. The fourth-order valence-electron chi connectivity index (χ4n) is 2.02. The van der Waals surface area contributed by atoms with E-state index in [1.165, 1.54) is 37.1 Å². The topological polar surface area (TPSA) is 84.7 Å². The van der Waals surface area contributed by atoms with Crippen molar-refractivity contribution in [3.05, 3.63) is 33.3 Å². The highest BCUT2D eigenvalue weighted by Crippen LogP contribution is 2.27. The summed E-state index contributed by atoms with van der Waals surface area (Å²) in [6.07, 6.45) is 0. The number of hydrogen-bond acceptors (Lipinski definition) is 6. The summed E-state index contributed by atoms with van der Waals surface area (Å²) in [6.45, 7) is 1.08. The average Bonchev–Trinajstić information content (AvgIpc) is 2.55. The van der Waals surface area contributed by atoms with Gasteiger partial charge in [0.15, 0.2) is 5.11 Å². The highest BCUT2D eigenvalue weighted by Gasteiger charge is 2.28. The van der Waals surface area contributed by atoms with Crippen LogP contribution in [0.2, 0.25) is 5.02 Å². The lowest BCUT2D eigenvalue weighted by Crippen LogP contribution is -2.46. The summed E-state index contributed by atoms with van der Waals surface area (Å²) in [6, 6.07) is 4.08. The fourth-order valence-corrected chi connectivity index (χ4v) is 3.59. The Bertz CT molecular complexity index is 644. The van der Waals surface area contributed by atoms with Crippen LogP contribution < -0.4 is 5.32 Å². The van der Waals surface area contributed by atoms with Gasteiger partial charge in [0.05, 0.1) is 22.7 Å². The van der Waals surface area contributed by atoms with Crippen LogP contribution in [0.3, 0.4) is 0 Å². The van der Waals surface area contributed by atoms with Crippen LogP contribution in [-0.2, 0) is 9.53 Å². The van der Waals surface area contributed by atoms with E-state index in [4.69, 9.17) is 28.6 Å². The van der Waals surface area contributed by atoms with Gasteiger partial charge in [-0.2, -0.15) is 0 Å². The van der Waals surface area contributed by atoms with Crippen molar-refractivity contribution < 1.29 is 14.5 Å². The summed E-state index contributed by atoms with van der Waals surface area (Å²) in [5, 5.41) is 14.1. The number of nitrogens with zero attached hydrogens (tertiary/aromatic N) is 2. The number of carbonyl (C=O) groups excluding carboxylic acids is 1. The summed E-state index contributed by atoms with van der Waals surface area (Å²) in [5.41, 5.74) is 0.278. The molecule has 1 aliphatic heterocycles. The van der Waals surface area contributed by atoms with Crippen LogP contribution in [0, 0.1) is 10.1 Å². The smallest absolute Gasteiger partial charge is 0.320 e. The SMILES string of the molecule is COC(=O)[C@@H]1CN(C(=S)Nc2cc([N+](=O)[O-])ccc2Cl)CCS1. The van der Waals surface area contributed by atoms with Gasteiger partial charge in [-0.25, -0.2) is 0 Å². The molecule has 0 aliphatic carbocycles. The molecule has 1 aromatic carbocycles. The largest absolute Gasteiger partial charge is 0.468 e. The van der Waals surface area contributed by atoms with Gasteiger partial charge in [0.2, 0.25) is 0 Å². The first-order chi connectivity index (χ1) is 10.9. The van der Waals surface area contributed by atoms with Crippen molar-refractivity contribution in [3.63, 3.8) is 0 Å². The minimum absolute atomic E-state index is 0.0821. The Morgan fingerprint density at radius 3 is 3.00 bits per heavy atom. The maximum Gasteiger partial charge on any atom is 0.320 e. The number of halogens is 1. The number of nitro groups is 1. The molecule has 0 amide bonds. The first-order valence-corrected chi connectivity index (χ1v) is 8.45. The van der Waals surface area contributed by atoms with E-state index in [0.717, 1.165) is 5.75 Å². The average molecular weight is 376 g/mol. The van der Waals surface area contributed by atoms with Gasteiger partial charge in [-0.3, -0.25) is 14.9 Å². The summed E-state index contributed by atoms with van der Waals surface area (Å²) < 4.78 is 4.75. The van der Waals surface area contributed by atoms with E-state index < -0.39 is 4.92 Å². The van der Waals surface area contributed by atoms with E-state index in [9.17, 15) is 14.9 Å². The Hall–Kier alpha value is -1.58. The van der Waals surface area contributed by atoms with Crippen molar-refractivity contribution >= 4 is 58.0 Å². The Morgan fingerprint density at radius 2 is 2.35 bits per heavy atom. The van der Waals surface area contributed by atoms with Crippen molar-refractivity contribution in [1.29, 1.82) is 0 Å². The predicted molar refractivity (Wildman–Crippen MR) is 94.2 cm³/mol. The quantitative estimate of drug-likeness (QED) is 0.373. The predicted octanol–water partition coefficient (Wildman–Crippen LogP) is 2.54. The zero-order chi connectivity index (χ0) is 17.0. The fraction of sp³-hybridized carbons (Fsp3) is 0.385. The number of carbonyl (C=O) groups is 1. The lowest BCUT2D eigenvalue weighted by atomic mass is 10.3. The van der Waals surface area contributed by atoms with Gasteiger partial charge < -0.3 is 15.0 Å². The van der Waals surface area contributed by atoms with Crippen LogP contribution >= 0.6 is 35.6 Å². The standard InChI is InChI=1S/C13H14ClN3O4S2/c1-21-12(18)11-7-16(4-5-23-11)13(22)15-10-6-8(17(19)20)2-3-9(10)14/h2-3,6,11H,4-5,7H2,1H3,(H,15,22)/t11-/m0/s1. The number of nitrogens with one attached hydrogen (secondary N) is 1. The number of nitro benzene ring substituents is 1. The molecule has 1 aromatic rings. The normalized spacial score (nSPS) is 17.5. The van der Waals surface area contributed by atoms with E-state index >= 15 is 0 Å². The molecule has 0 saturated carbocycles. The number of thiocarbonyl (C=S) groups is 1. The molecule has 2 rings (SSSR count). The summed E-state index contributed by atoms with van der Waals surface area (Å²) in [4.78, 5) is 23.8. The minimum atomic E-state index is -0.505. The number of esters is 1. The third-order valence-electron chi connectivity index (χ3n) is 3.22. The molecule has 124 valence electrons. The molecule has 23 heavy (non-hydrogen) atoms. The Labute approximate surface area is 147 Å². The number of non-ortho nitro benzene ring substituents is 1. The third-order valence-corrected chi connectivity index (χ3v) is 5.07. The molecule has 0 radical (unpaired) electrons. The van der Waals surface area contributed by atoms with Crippen LogP contribution in [-0.4, -0.2) is 52.1 Å². The Morgan fingerprint density at radius 1 is 1.61 bits per heavy atom. The number of anilines is 1. The van der Waals surface area contributed by atoms with E-state index in [1.54, 1.807) is 0 Å². The van der Waals surface area contributed by atoms with E-state index in [2.05, 4.69) is 5.32 Å². The van der Waals surface area contributed by atoms with Crippen molar-refractivity contribution in [1.82, 2.24) is 4.90 Å². The third kappa shape index (κ3) is 4.46. The summed E-state index contributed by atoms with van der Waals surface area (Å²) in [5.74, 6) is 0.431. The molecule has 1 aliphatic rings. The molecule has 7 nitrogen and oxygen atoms in total. The van der Waals surface area contributed by atoms with Gasteiger partial charge >= 0.3 is 5.97 Å². The van der Waals surface area contributed by atoms with Gasteiger partial charge in [-0.1, -0.05) is 11.6 Å². The molecule has 0 unspecified atom stereocenters. The van der Waals surface area contributed by atoms with Crippen molar-refractivity contribution in [3.8, 4) is 0 Å². The molecule has 1 saturated heterocycles. The first kappa shape index (κ1) is 17.8. The molecular weight excluding hydrogens is 362 g/mol. The maximum absolute atomic E-state index is 11.6. The molecule has 1 fully saturated rings. The molecule has 10 heteroatoms. The number of thioether (sulfide) groups is 1. The number of rotatable bonds is 3. The van der Waals surface area contributed by atoms with Gasteiger partial charge in [-0.05, 0) is 18.3 Å². The highest BCUT2D eigenvalue weighted by atomic mass is 35.5. The number of ether oxygens (including phenoxy) is 1. The van der Waals surface area contributed by atoms with E-state index in [0.29, 0.717) is 28.9 Å². The molecule has 0 bridgehead atoms. The van der Waals surface area contributed by atoms with Crippen LogP contribution in [0.5, 0.6) is 0 Å². The highest BCUT2D eigenvalue weighted by molar-refractivity contribution is 8.00. The first-order valence-electron chi connectivity index (χ1n) is 6.61. The zero-order valence-electron chi connectivity index (χ0n) is 12.2. The van der Waals surface area contributed by atoms with Crippen molar-refractivity contribution in [2.45, 2.75) is 5.25 Å². The maximum atomic E-state index is 11.6. The molecule has 1 N–H and O–H groups in total. The van der Waals surface area contributed by atoms with Crippen molar-refractivity contribution in [2.24, 2.45) is 0 Å². The molecule has 1 heterocycles. The van der Waals surface area contributed by atoms with Gasteiger partial charge in [0.25, 0.3) is 5.69 Å². The van der Waals surface area contributed by atoms with Crippen molar-refractivity contribution in [2.75, 3.05) is 31.3 Å². The van der Waals surface area contributed by atoms with Crippen LogP contribution in [0.15, 0.2) is 18.2 Å². The lowest BCUT2D eigenvalue weighted by Gasteiger charge is -2.33. The Kier molecular flexibility index (Phi) is 6.03.